The Labute approximate surface area is 91.8 Å². The molecule has 0 aromatic heterocycles. The molecule has 0 radical (unpaired) electrons. The van der Waals surface area contributed by atoms with Crippen molar-refractivity contribution in [2.24, 2.45) is 0 Å². The molecular formula is C10H13BrO3. The van der Waals surface area contributed by atoms with E-state index in [1.165, 1.54) is 0 Å². The summed E-state index contributed by atoms with van der Waals surface area (Å²) in [6.45, 7) is 0. The molecule has 1 aromatic carbocycles. The molecule has 0 saturated carbocycles. The molecule has 78 valence electrons. The van der Waals surface area contributed by atoms with Gasteiger partial charge in [0.15, 0.2) is 11.5 Å². The van der Waals surface area contributed by atoms with Gasteiger partial charge >= 0.3 is 0 Å². The summed E-state index contributed by atoms with van der Waals surface area (Å²) in [5.41, 5.74) is 0.805. The third-order valence-corrected chi connectivity index (χ3v) is 2.55. The summed E-state index contributed by atoms with van der Waals surface area (Å²) < 4.78 is 10.2. The van der Waals surface area contributed by atoms with Gasteiger partial charge in [0, 0.05) is 5.33 Å². The van der Waals surface area contributed by atoms with Crippen LogP contribution in [0, 0.1) is 0 Å². The summed E-state index contributed by atoms with van der Waals surface area (Å²) in [6, 6.07) is 5.36. The molecule has 1 N–H and O–H groups in total. The number of hydrogen-bond acceptors (Lipinski definition) is 3. The standard InChI is InChI=1S/C10H13BrO3/c1-13-9-4-3-7(8(12)6-11)5-10(9)14-2/h3-5,8,12H,6H2,1-2H3/t8-/m1/s1. The smallest absolute Gasteiger partial charge is 0.161 e. The Morgan fingerprint density at radius 1 is 1.29 bits per heavy atom. The highest BCUT2D eigenvalue weighted by Gasteiger charge is 2.09. The van der Waals surface area contributed by atoms with Crippen molar-refractivity contribution in [1.29, 1.82) is 0 Å². The summed E-state index contributed by atoms with van der Waals surface area (Å²) in [4.78, 5) is 0. The monoisotopic (exact) mass is 260 g/mol. The molecule has 0 aliphatic carbocycles. The van der Waals surface area contributed by atoms with Crippen LogP contribution in [0.15, 0.2) is 18.2 Å². The van der Waals surface area contributed by atoms with E-state index in [1.807, 2.05) is 6.07 Å². The Bertz CT molecular complexity index is 301. The number of rotatable bonds is 4. The molecule has 1 rings (SSSR count). The first-order valence-corrected chi connectivity index (χ1v) is 5.31. The molecule has 1 aromatic rings. The number of benzene rings is 1. The van der Waals surface area contributed by atoms with Gasteiger partial charge in [-0.2, -0.15) is 0 Å². The summed E-state index contributed by atoms with van der Waals surface area (Å²) in [5.74, 6) is 1.29. The predicted molar refractivity (Wildman–Crippen MR) is 58.3 cm³/mol. The zero-order valence-electron chi connectivity index (χ0n) is 8.16. The second-order valence-corrected chi connectivity index (χ2v) is 3.43. The number of aliphatic hydroxyl groups is 1. The molecule has 0 amide bonds. The minimum absolute atomic E-state index is 0.502. The van der Waals surface area contributed by atoms with E-state index < -0.39 is 6.10 Å². The lowest BCUT2D eigenvalue weighted by molar-refractivity contribution is 0.204. The zero-order valence-corrected chi connectivity index (χ0v) is 9.74. The highest BCUT2D eigenvalue weighted by molar-refractivity contribution is 9.09. The van der Waals surface area contributed by atoms with E-state index in [4.69, 9.17) is 9.47 Å². The molecule has 1 atom stereocenters. The maximum absolute atomic E-state index is 9.57. The van der Waals surface area contributed by atoms with Crippen LogP contribution in [0.3, 0.4) is 0 Å². The van der Waals surface area contributed by atoms with Crippen LogP contribution in [-0.4, -0.2) is 24.7 Å². The van der Waals surface area contributed by atoms with Gasteiger partial charge < -0.3 is 14.6 Å². The zero-order chi connectivity index (χ0) is 10.6. The molecule has 0 bridgehead atoms. The SMILES string of the molecule is COc1ccc([C@H](O)CBr)cc1OC. The van der Waals surface area contributed by atoms with E-state index in [2.05, 4.69) is 15.9 Å². The van der Waals surface area contributed by atoms with E-state index in [0.29, 0.717) is 16.8 Å². The quantitative estimate of drug-likeness (QED) is 0.844. The number of hydrogen-bond donors (Lipinski definition) is 1. The van der Waals surface area contributed by atoms with Crippen LogP contribution in [0.25, 0.3) is 0 Å². The summed E-state index contributed by atoms with van der Waals surface area (Å²) in [5, 5.41) is 10.1. The first-order chi connectivity index (χ1) is 6.72. The van der Waals surface area contributed by atoms with Crippen LogP contribution in [0.2, 0.25) is 0 Å². The molecule has 0 aliphatic rings. The van der Waals surface area contributed by atoms with Crippen LogP contribution in [0.5, 0.6) is 11.5 Å². The van der Waals surface area contributed by atoms with Crippen LogP contribution >= 0.6 is 15.9 Å². The van der Waals surface area contributed by atoms with E-state index in [0.717, 1.165) is 5.56 Å². The minimum Gasteiger partial charge on any atom is -0.493 e. The third-order valence-electron chi connectivity index (χ3n) is 1.94. The molecule has 0 heterocycles. The highest BCUT2D eigenvalue weighted by atomic mass is 79.9. The van der Waals surface area contributed by atoms with Crippen molar-refractivity contribution in [3.63, 3.8) is 0 Å². The van der Waals surface area contributed by atoms with Crippen molar-refractivity contribution >= 4 is 15.9 Å². The number of aliphatic hydroxyl groups excluding tert-OH is 1. The lowest BCUT2D eigenvalue weighted by Crippen LogP contribution is -1.99. The van der Waals surface area contributed by atoms with Gasteiger partial charge in [0.25, 0.3) is 0 Å². The lowest BCUT2D eigenvalue weighted by Gasteiger charge is -2.11. The number of methoxy groups -OCH3 is 2. The minimum atomic E-state index is -0.519. The van der Waals surface area contributed by atoms with Gasteiger partial charge in [-0.25, -0.2) is 0 Å². The highest BCUT2D eigenvalue weighted by Crippen LogP contribution is 2.30. The van der Waals surface area contributed by atoms with Gasteiger partial charge in [0.2, 0.25) is 0 Å². The van der Waals surface area contributed by atoms with E-state index >= 15 is 0 Å². The van der Waals surface area contributed by atoms with Crippen LogP contribution < -0.4 is 9.47 Å². The van der Waals surface area contributed by atoms with Crippen LogP contribution in [-0.2, 0) is 0 Å². The van der Waals surface area contributed by atoms with Gasteiger partial charge in [-0.15, -0.1) is 0 Å². The average Bonchev–Trinajstić information content (AvgIpc) is 2.26. The van der Waals surface area contributed by atoms with Gasteiger partial charge in [0.05, 0.1) is 20.3 Å². The summed E-state index contributed by atoms with van der Waals surface area (Å²) in [7, 11) is 3.15. The van der Waals surface area contributed by atoms with E-state index in [1.54, 1.807) is 26.4 Å². The molecule has 0 unspecified atom stereocenters. The Morgan fingerprint density at radius 3 is 2.43 bits per heavy atom. The molecule has 0 spiro atoms. The van der Waals surface area contributed by atoms with Crippen LogP contribution in [0.1, 0.15) is 11.7 Å². The molecule has 14 heavy (non-hydrogen) atoms. The fourth-order valence-corrected chi connectivity index (χ4v) is 1.52. The maximum Gasteiger partial charge on any atom is 0.161 e. The Kier molecular flexibility index (Phi) is 4.22. The first kappa shape index (κ1) is 11.3. The van der Waals surface area contributed by atoms with Gasteiger partial charge in [-0.1, -0.05) is 22.0 Å². The Hall–Kier alpha value is -0.740. The Morgan fingerprint density at radius 2 is 1.93 bits per heavy atom. The second-order valence-electron chi connectivity index (χ2n) is 2.78. The largest absolute Gasteiger partial charge is 0.493 e. The summed E-state index contributed by atoms with van der Waals surface area (Å²) in [6.07, 6.45) is -0.519. The lowest BCUT2D eigenvalue weighted by atomic mass is 10.1. The number of halogens is 1. The van der Waals surface area contributed by atoms with Crippen molar-refractivity contribution in [1.82, 2.24) is 0 Å². The van der Waals surface area contributed by atoms with Crippen molar-refractivity contribution in [2.75, 3.05) is 19.5 Å². The van der Waals surface area contributed by atoms with Crippen molar-refractivity contribution in [3.8, 4) is 11.5 Å². The number of ether oxygens (including phenoxy) is 2. The fraction of sp³-hybridized carbons (Fsp3) is 0.400. The van der Waals surface area contributed by atoms with Crippen molar-refractivity contribution in [2.45, 2.75) is 6.10 Å². The molecule has 0 aliphatic heterocycles. The van der Waals surface area contributed by atoms with Gasteiger partial charge in [-0.3, -0.25) is 0 Å². The Balaban J connectivity index is 3.01. The van der Waals surface area contributed by atoms with Gasteiger partial charge in [0.1, 0.15) is 0 Å². The van der Waals surface area contributed by atoms with Crippen molar-refractivity contribution in [3.05, 3.63) is 23.8 Å². The molecule has 0 saturated heterocycles. The number of alkyl halides is 1. The second kappa shape index (κ2) is 5.22. The fourth-order valence-electron chi connectivity index (χ4n) is 1.15. The van der Waals surface area contributed by atoms with Gasteiger partial charge in [-0.05, 0) is 17.7 Å². The topological polar surface area (TPSA) is 38.7 Å². The molecule has 4 heteroatoms. The first-order valence-electron chi connectivity index (χ1n) is 4.19. The van der Waals surface area contributed by atoms with E-state index in [-0.39, 0.29) is 0 Å². The molecular weight excluding hydrogens is 248 g/mol. The third kappa shape index (κ3) is 2.39. The predicted octanol–water partition coefficient (Wildman–Crippen LogP) is 2.13. The summed E-state index contributed by atoms with van der Waals surface area (Å²) >= 11 is 3.21. The molecule has 0 fully saturated rings. The normalized spacial score (nSPS) is 12.3. The van der Waals surface area contributed by atoms with E-state index in [9.17, 15) is 5.11 Å². The molecule has 3 nitrogen and oxygen atoms in total. The van der Waals surface area contributed by atoms with Crippen LogP contribution in [0.4, 0.5) is 0 Å². The van der Waals surface area contributed by atoms with Crippen molar-refractivity contribution < 1.29 is 14.6 Å². The maximum atomic E-state index is 9.57. The average molecular weight is 261 g/mol.